The molecule has 0 spiro atoms. The van der Waals surface area contributed by atoms with E-state index in [2.05, 4.69) is 40.4 Å². The molecule has 0 bridgehead atoms. The lowest BCUT2D eigenvalue weighted by atomic mass is 10.0. The maximum atomic E-state index is 13.3. The number of fused-ring (bicyclic) bond motifs is 2. The van der Waals surface area contributed by atoms with Crippen molar-refractivity contribution in [3.05, 3.63) is 65.0 Å². The molecule has 31 heavy (non-hydrogen) atoms. The fraction of sp³-hybridized carbons (Fsp3) is 0.375. The molecule has 1 aliphatic rings. The first-order valence-electron chi connectivity index (χ1n) is 10.8. The molecule has 2 heterocycles. The van der Waals surface area contributed by atoms with Gasteiger partial charge in [0, 0.05) is 12.6 Å². The average molecular weight is 420 g/mol. The molecule has 0 aliphatic carbocycles. The van der Waals surface area contributed by atoms with Crippen LogP contribution in [0, 0.1) is 0 Å². The van der Waals surface area contributed by atoms with Gasteiger partial charge in [-0.1, -0.05) is 24.3 Å². The highest BCUT2D eigenvalue weighted by molar-refractivity contribution is 6.09. The number of hydrogen-bond acceptors (Lipinski definition) is 4. The predicted octanol–water partition coefficient (Wildman–Crippen LogP) is 3.33. The van der Waals surface area contributed by atoms with Gasteiger partial charge in [0.25, 0.3) is 11.8 Å². The van der Waals surface area contributed by atoms with Crippen LogP contribution in [0.3, 0.4) is 0 Å². The zero-order chi connectivity index (χ0) is 22.0. The highest BCUT2D eigenvalue weighted by atomic mass is 16.2. The van der Waals surface area contributed by atoms with Crippen molar-refractivity contribution >= 4 is 22.8 Å². The zero-order valence-electron chi connectivity index (χ0n) is 18.2. The smallest absolute Gasteiger partial charge is 0.252 e. The van der Waals surface area contributed by atoms with Gasteiger partial charge in [0.15, 0.2) is 0 Å². The maximum Gasteiger partial charge on any atom is 0.252 e. The molecule has 1 aromatic heterocycles. The number of rotatable bonds is 8. The highest BCUT2D eigenvalue weighted by Gasteiger charge is 2.28. The Bertz CT molecular complexity index is 1120. The zero-order valence-corrected chi connectivity index (χ0v) is 18.2. The van der Waals surface area contributed by atoms with Gasteiger partial charge >= 0.3 is 0 Å². The van der Waals surface area contributed by atoms with Crippen LogP contribution in [0.5, 0.6) is 0 Å². The molecule has 0 radical (unpaired) electrons. The number of imidazole rings is 1. The lowest BCUT2D eigenvalue weighted by Crippen LogP contribution is -2.32. The van der Waals surface area contributed by atoms with Gasteiger partial charge in [-0.3, -0.25) is 9.59 Å². The summed E-state index contributed by atoms with van der Waals surface area (Å²) in [6, 6.07) is 13.4. The van der Waals surface area contributed by atoms with Crippen LogP contribution in [0.1, 0.15) is 70.9 Å². The van der Waals surface area contributed by atoms with Crippen molar-refractivity contribution in [2.24, 2.45) is 0 Å². The molecule has 0 saturated heterocycles. The second-order valence-corrected chi connectivity index (χ2v) is 8.22. The molecule has 2 amide bonds. The monoisotopic (exact) mass is 419 g/mol. The van der Waals surface area contributed by atoms with Crippen molar-refractivity contribution in [3.63, 3.8) is 0 Å². The number of benzene rings is 2. The lowest BCUT2D eigenvalue weighted by molar-refractivity contribution is 0.0911. The second-order valence-electron chi connectivity index (χ2n) is 8.22. The summed E-state index contributed by atoms with van der Waals surface area (Å²) in [7, 11) is 1.92. The van der Waals surface area contributed by atoms with E-state index in [1.165, 1.54) is 0 Å². The predicted molar refractivity (Wildman–Crippen MR) is 121 cm³/mol. The summed E-state index contributed by atoms with van der Waals surface area (Å²) < 4.78 is 2.20. The van der Waals surface area contributed by atoms with Gasteiger partial charge in [-0.15, -0.1) is 0 Å². The van der Waals surface area contributed by atoms with Gasteiger partial charge in [0.1, 0.15) is 5.82 Å². The third-order valence-electron chi connectivity index (χ3n) is 5.74. The van der Waals surface area contributed by atoms with Crippen molar-refractivity contribution in [2.45, 2.75) is 45.3 Å². The maximum absolute atomic E-state index is 13.3. The first kappa shape index (κ1) is 21.1. The number of para-hydroxylation sites is 2. The van der Waals surface area contributed by atoms with Gasteiger partial charge in [-0.05, 0) is 64.0 Å². The van der Waals surface area contributed by atoms with Crippen LogP contribution < -0.4 is 16.0 Å². The largest absolute Gasteiger partial charge is 0.348 e. The van der Waals surface area contributed by atoms with Crippen molar-refractivity contribution < 1.29 is 9.59 Å². The molecule has 0 fully saturated rings. The normalized spacial score (nSPS) is 14.0. The third kappa shape index (κ3) is 4.05. The second kappa shape index (κ2) is 8.89. The van der Waals surface area contributed by atoms with E-state index in [4.69, 9.17) is 4.98 Å². The standard InChI is InChI=1S/C24H29N5O2/c1-15(2)29-20-12-5-4-10-18(20)27-22(29)19(11-7-13-25-3)28-23(30)17-9-6-8-16-14-26-24(31)21(16)17/h4-6,8-10,12,15,19,25H,7,11,13-14H2,1-3H3,(H,26,31)(H,28,30). The minimum Gasteiger partial charge on any atom is -0.348 e. The Morgan fingerprint density at radius 1 is 1.19 bits per heavy atom. The molecule has 3 N–H and O–H groups in total. The van der Waals surface area contributed by atoms with Crippen LogP contribution in [0.4, 0.5) is 0 Å². The first-order valence-corrected chi connectivity index (χ1v) is 10.8. The van der Waals surface area contributed by atoms with Gasteiger partial charge < -0.3 is 20.5 Å². The molecule has 1 atom stereocenters. The number of carbonyl (C=O) groups is 2. The van der Waals surface area contributed by atoms with Crippen LogP contribution >= 0.6 is 0 Å². The summed E-state index contributed by atoms with van der Waals surface area (Å²) in [5, 5.41) is 9.16. The SMILES string of the molecule is CNCCCC(NC(=O)c1cccc2c1C(=O)NC2)c1nc2ccccc2n1C(C)C. The van der Waals surface area contributed by atoms with E-state index < -0.39 is 0 Å². The molecule has 2 aromatic carbocycles. The van der Waals surface area contributed by atoms with Crippen LogP contribution in [0.2, 0.25) is 0 Å². The summed E-state index contributed by atoms with van der Waals surface area (Å²) in [4.78, 5) is 30.5. The molecule has 1 unspecified atom stereocenters. The first-order chi connectivity index (χ1) is 15.0. The number of carbonyl (C=O) groups excluding carboxylic acids is 2. The number of hydrogen-bond donors (Lipinski definition) is 3. The van der Waals surface area contributed by atoms with Gasteiger partial charge in [-0.2, -0.15) is 0 Å². The van der Waals surface area contributed by atoms with Crippen molar-refractivity contribution in [2.75, 3.05) is 13.6 Å². The van der Waals surface area contributed by atoms with E-state index in [1.807, 2.05) is 37.4 Å². The van der Waals surface area contributed by atoms with Gasteiger partial charge in [-0.25, -0.2) is 4.98 Å². The van der Waals surface area contributed by atoms with Crippen LogP contribution in [0.15, 0.2) is 42.5 Å². The Morgan fingerprint density at radius 3 is 2.77 bits per heavy atom. The van der Waals surface area contributed by atoms with Gasteiger partial charge in [0.05, 0.1) is 28.2 Å². The Kier molecular flexibility index (Phi) is 6.04. The summed E-state index contributed by atoms with van der Waals surface area (Å²) >= 11 is 0. The number of amides is 2. The summed E-state index contributed by atoms with van der Waals surface area (Å²) in [5.74, 6) is 0.408. The molecule has 4 rings (SSSR count). The topological polar surface area (TPSA) is 88.0 Å². The summed E-state index contributed by atoms with van der Waals surface area (Å²) in [5.41, 5.74) is 3.72. The minimum absolute atomic E-state index is 0.192. The van der Waals surface area contributed by atoms with Crippen molar-refractivity contribution in [3.8, 4) is 0 Å². The van der Waals surface area contributed by atoms with Crippen molar-refractivity contribution in [1.29, 1.82) is 0 Å². The van der Waals surface area contributed by atoms with Crippen molar-refractivity contribution in [1.82, 2.24) is 25.5 Å². The minimum atomic E-state index is -0.268. The van der Waals surface area contributed by atoms with E-state index in [9.17, 15) is 9.59 Å². The van der Waals surface area contributed by atoms with Crippen LogP contribution in [-0.2, 0) is 6.54 Å². The van der Waals surface area contributed by atoms with E-state index >= 15 is 0 Å². The molecule has 0 saturated carbocycles. The van der Waals surface area contributed by atoms with E-state index in [-0.39, 0.29) is 23.9 Å². The summed E-state index contributed by atoms with van der Waals surface area (Å²) in [6.45, 7) is 5.55. The Balaban J connectivity index is 1.71. The highest BCUT2D eigenvalue weighted by Crippen LogP contribution is 2.28. The lowest BCUT2D eigenvalue weighted by Gasteiger charge is -2.22. The number of nitrogens with one attached hydrogen (secondary N) is 3. The molecule has 3 aromatic rings. The number of nitrogens with zero attached hydrogens (tertiary/aromatic N) is 2. The molecular weight excluding hydrogens is 390 g/mol. The third-order valence-corrected chi connectivity index (χ3v) is 5.74. The number of aromatic nitrogens is 2. The molecular formula is C24H29N5O2. The van der Waals surface area contributed by atoms with Crippen LogP contribution in [0.25, 0.3) is 11.0 Å². The fourth-order valence-corrected chi connectivity index (χ4v) is 4.31. The van der Waals surface area contributed by atoms with Crippen LogP contribution in [-0.4, -0.2) is 35.0 Å². The molecule has 1 aliphatic heterocycles. The molecule has 162 valence electrons. The van der Waals surface area contributed by atoms with E-state index in [0.29, 0.717) is 17.7 Å². The summed E-state index contributed by atoms with van der Waals surface area (Å²) in [6.07, 6.45) is 1.62. The molecule has 7 heteroatoms. The molecule has 7 nitrogen and oxygen atoms in total. The fourth-order valence-electron chi connectivity index (χ4n) is 4.31. The quantitative estimate of drug-likeness (QED) is 0.489. The van der Waals surface area contributed by atoms with E-state index in [0.717, 1.165) is 41.8 Å². The average Bonchev–Trinajstić information content (AvgIpc) is 3.34. The van der Waals surface area contributed by atoms with E-state index in [1.54, 1.807) is 6.07 Å². The Morgan fingerprint density at radius 2 is 2.00 bits per heavy atom. The Labute approximate surface area is 182 Å². The van der Waals surface area contributed by atoms with Gasteiger partial charge in [0.2, 0.25) is 0 Å². The Hall–Kier alpha value is -3.19.